The minimum atomic E-state index is -4.83. The van der Waals surface area contributed by atoms with Crippen LogP contribution in [0.5, 0.6) is 0 Å². The standard InChI is InChI=1S/C5H9BF3O2/c1-2-10-3-4-11-5-6(7,8)9/h2H,1,3-5H2/q-1. The first-order chi connectivity index (χ1) is 5.06. The molecule has 0 N–H and O–H groups in total. The molecule has 0 aliphatic carbocycles. The first kappa shape index (κ1) is 10.4. The number of ether oxygens (including phenoxy) is 2. The van der Waals surface area contributed by atoms with Crippen LogP contribution in [0, 0.1) is 0 Å². The summed E-state index contributed by atoms with van der Waals surface area (Å²) in [6.07, 6.45) is 1.15. The molecule has 0 spiro atoms. The van der Waals surface area contributed by atoms with Gasteiger partial charge in [0, 0.05) is 6.51 Å². The van der Waals surface area contributed by atoms with Gasteiger partial charge in [-0.15, -0.1) is 0 Å². The van der Waals surface area contributed by atoms with E-state index >= 15 is 0 Å². The van der Waals surface area contributed by atoms with Crippen molar-refractivity contribution in [3.05, 3.63) is 12.8 Å². The first-order valence-corrected chi connectivity index (χ1v) is 3.07. The third-order valence-corrected chi connectivity index (χ3v) is 0.770. The van der Waals surface area contributed by atoms with Crippen molar-refractivity contribution in [2.24, 2.45) is 0 Å². The van der Waals surface area contributed by atoms with E-state index in [0.717, 1.165) is 6.26 Å². The van der Waals surface area contributed by atoms with Crippen LogP contribution in [-0.4, -0.2) is 26.7 Å². The second-order valence-electron chi connectivity index (χ2n) is 1.82. The summed E-state index contributed by atoms with van der Waals surface area (Å²) >= 11 is 0. The zero-order valence-electron chi connectivity index (χ0n) is 5.93. The Labute approximate surface area is 63.0 Å². The quantitative estimate of drug-likeness (QED) is 0.341. The van der Waals surface area contributed by atoms with E-state index in [-0.39, 0.29) is 13.2 Å². The molecule has 2 nitrogen and oxygen atoms in total. The maximum Gasteiger partial charge on any atom is 0.503 e. The molecular formula is C5H9BF3O2-. The molecule has 0 atom stereocenters. The fourth-order valence-corrected chi connectivity index (χ4v) is 0.407. The predicted octanol–water partition coefficient (Wildman–Crippen LogP) is 1.55. The fraction of sp³-hybridized carbons (Fsp3) is 0.600. The molecule has 0 amide bonds. The summed E-state index contributed by atoms with van der Waals surface area (Å²) in [5, 5.41) is 0. The summed E-state index contributed by atoms with van der Waals surface area (Å²) in [6, 6.07) is 0. The Morgan fingerprint density at radius 3 is 2.36 bits per heavy atom. The lowest BCUT2D eigenvalue weighted by Crippen LogP contribution is -2.25. The van der Waals surface area contributed by atoms with Crippen molar-refractivity contribution in [3.8, 4) is 0 Å². The van der Waals surface area contributed by atoms with Gasteiger partial charge in [-0.25, -0.2) is 0 Å². The molecule has 6 heteroatoms. The van der Waals surface area contributed by atoms with E-state index in [1.54, 1.807) is 0 Å². The summed E-state index contributed by atoms with van der Waals surface area (Å²) < 4.78 is 43.1. The van der Waals surface area contributed by atoms with Crippen LogP contribution in [-0.2, 0) is 9.47 Å². The van der Waals surface area contributed by atoms with Gasteiger partial charge in [-0.1, -0.05) is 6.58 Å². The van der Waals surface area contributed by atoms with E-state index in [1.807, 2.05) is 0 Å². The Kier molecular flexibility index (Phi) is 4.77. The fourth-order valence-electron chi connectivity index (χ4n) is 0.407. The lowest BCUT2D eigenvalue weighted by atomic mass is 9.95. The van der Waals surface area contributed by atoms with Gasteiger partial charge in [0.15, 0.2) is 0 Å². The maximum absolute atomic E-state index is 11.4. The molecule has 0 unspecified atom stereocenters. The monoisotopic (exact) mass is 169 g/mol. The average Bonchev–Trinajstić information content (AvgIpc) is 1.85. The van der Waals surface area contributed by atoms with Crippen molar-refractivity contribution in [2.45, 2.75) is 0 Å². The number of hydrogen-bond donors (Lipinski definition) is 0. The van der Waals surface area contributed by atoms with Gasteiger partial charge in [-0.3, -0.25) is 0 Å². The summed E-state index contributed by atoms with van der Waals surface area (Å²) in [5.41, 5.74) is 0. The molecule has 0 saturated heterocycles. The largest absolute Gasteiger partial charge is 0.503 e. The number of hydrogen-bond acceptors (Lipinski definition) is 2. The minimum absolute atomic E-state index is 0.0622. The predicted molar refractivity (Wildman–Crippen MR) is 36.0 cm³/mol. The molecular weight excluding hydrogens is 160 g/mol. The smallest absolute Gasteiger partial charge is 0.499 e. The van der Waals surface area contributed by atoms with E-state index in [1.165, 1.54) is 0 Å². The maximum atomic E-state index is 11.4. The first-order valence-electron chi connectivity index (χ1n) is 3.07. The highest BCUT2D eigenvalue weighted by atomic mass is 19.4. The summed E-state index contributed by atoms with van der Waals surface area (Å²) in [4.78, 5) is 0. The molecule has 66 valence electrons. The summed E-state index contributed by atoms with van der Waals surface area (Å²) in [5.74, 6) is 0. The van der Waals surface area contributed by atoms with Crippen molar-refractivity contribution in [1.29, 1.82) is 0 Å². The van der Waals surface area contributed by atoms with E-state index in [4.69, 9.17) is 0 Å². The van der Waals surface area contributed by atoms with Crippen molar-refractivity contribution < 1.29 is 22.4 Å². The third kappa shape index (κ3) is 9.35. The molecule has 0 fully saturated rings. The topological polar surface area (TPSA) is 18.5 Å². The van der Waals surface area contributed by atoms with Crippen molar-refractivity contribution >= 4 is 6.98 Å². The molecule has 0 saturated carbocycles. The molecule has 11 heavy (non-hydrogen) atoms. The van der Waals surface area contributed by atoms with Crippen LogP contribution < -0.4 is 0 Å². The number of rotatable bonds is 6. The highest BCUT2D eigenvalue weighted by Crippen LogP contribution is 2.07. The molecule has 0 rings (SSSR count). The van der Waals surface area contributed by atoms with Crippen LogP contribution in [0.15, 0.2) is 12.8 Å². The van der Waals surface area contributed by atoms with Gasteiger partial charge in [-0.2, -0.15) is 0 Å². The van der Waals surface area contributed by atoms with E-state index in [0.29, 0.717) is 0 Å². The second kappa shape index (κ2) is 5.06. The molecule has 0 heterocycles. The van der Waals surface area contributed by atoms with Crippen LogP contribution in [0.25, 0.3) is 0 Å². The van der Waals surface area contributed by atoms with Crippen LogP contribution in [0.4, 0.5) is 12.9 Å². The van der Waals surface area contributed by atoms with Crippen molar-refractivity contribution in [3.63, 3.8) is 0 Å². The van der Waals surface area contributed by atoms with Crippen LogP contribution in [0.2, 0.25) is 0 Å². The normalized spacial score (nSPS) is 11.2. The van der Waals surface area contributed by atoms with Crippen LogP contribution >= 0.6 is 0 Å². The molecule has 0 aliphatic rings. The molecule has 0 bridgehead atoms. The van der Waals surface area contributed by atoms with E-state index in [9.17, 15) is 12.9 Å². The Balaban J connectivity index is 3.08. The van der Waals surface area contributed by atoms with Crippen molar-refractivity contribution in [2.75, 3.05) is 19.7 Å². The molecule has 0 aromatic rings. The van der Waals surface area contributed by atoms with Crippen LogP contribution in [0.3, 0.4) is 0 Å². The molecule has 0 aromatic carbocycles. The Hall–Kier alpha value is -0.645. The summed E-state index contributed by atoms with van der Waals surface area (Å²) in [7, 11) is 0. The lowest BCUT2D eigenvalue weighted by molar-refractivity contribution is 0.0974. The van der Waals surface area contributed by atoms with Gasteiger partial charge in [-0.05, 0) is 0 Å². The third-order valence-electron chi connectivity index (χ3n) is 0.770. The Morgan fingerprint density at radius 1 is 1.27 bits per heavy atom. The van der Waals surface area contributed by atoms with Gasteiger partial charge in [0.2, 0.25) is 0 Å². The van der Waals surface area contributed by atoms with Gasteiger partial charge in [0.25, 0.3) is 0 Å². The number of halogens is 3. The van der Waals surface area contributed by atoms with Gasteiger partial charge in [0.05, 0.1) is 12.9 Å². The van der Waals surface area contributed by atoms with Gasteiger partial charge < -0.3 is 22.4 Å². The highest BCUT2D eigenvalue weighted by Gasteiger charge is 2.22. The molecule has 0 aromatic heterocycles. The lowest BCUT2D eigenvalue weighted by Gasteiger charge is -2.13. The SMILES string of the molecule is C=COCCOC[B-](F)(F)F. The minimum Gasteiger partial charge on any atom is -0.499 e. The zero-order valence-corrected chi connectivity index (χ0v) is 5.93. The van der Waals surface area contributed by atoms with Gasteiger partial charge >= 0.3 is 6.98 Å². The highest BCUT2D eigenvalue weighted by molar-refractivity contribution is 6.58. The van der Waals surface area contributed by atoms with Gasteiger partial charge in [0.1, 0.15) is 6.61 Å². The molecule has 0 aliphatic heterocycles. The van der Waals surface area contributed by atoms with E-state index < -0.39 is 13.5 Å². The second-order valence-corrected chi connectivity index (χ2v) is 1.82. The Bertz CT molecular complexity index is 115. The summed E-state index contributed by atoms with van der Waals surface area (Å²) in [6.45, 7) is -2.74. The van der Waals surface area contributed by atoms with Crippen LogP contribution in [0.1, 0.15) is 0 Å². The van der Waals surface area contributed by atoms with Crippen molar-refractivity contribution in [1.82, 2.24) is 0 Å². The van der Waals surface area contributed by atoms with E-state index in [2.05, 4.69) is 16.1 Å². The average molecular weight is 169 g/mol. The Morgan fingerprint density at radius 2 is 1.91 bits per heavy atom. The zero-order chi connectivity index (χ0) is 8.74. The molecule has 0 radical (unpaired) electrons.